The lowest BCUT2D eigenvalue weighted by molar-refractivity contribution is -0.384. The zero-order valence-electron chi connectivity index (χ0n) is 17.9. The third-order valence-electron chi connectivity index (χ3n) is 5.77. The van der Waals surface area contributed by atoms with Crippen LogP contribution in [-0.2, 0) is 13.1 Å². The Morgan fingerprint density at radius 3 is 2.67 bits per heavy atom. The molecule has 0 bridgehead atoms. The monoisotopic (exact) mass is 443 g/mol. The van der Waals surface area contributed by atoms with E-state index in [9.17, 15) is 14.9 Å². The van der Waals surface area contributed by atoms with Gasteiger partial charge in [-0.2, -0.15) is 0 Å². The summed E-state index contributed by atoms with van der Waals surface area (Å²) in [6.45, 7) is 2.34. The second kappa shape index (κ2) is 8.27. The topological polar surface area (TPSA) is 103 Å². The number of aromatic nitrogens is 2. The van der Waals surface area contributed by atoms with Crippen molar-refractivity contribution >= 4 is 34.0 Å². The maximum absolute atomic E-state index is 12.6. The molecule has 0 saturated heterocycles. The number of fused-ring (bicyclic) bond motifs is 3. The van der Waals surface area contributed by atoms with E-state index in [1.165, 1.54) is 18.2 Å². The summed E-state index contributed by atoms with van der Waals surface area (Å²) in [5.74, 6) is 1.37. The molecule has 1 N–H and O–H groups in total. The fraction of sp³-hybridized carbons (Fsp3) is 0.167. The van der Waals surface area contributed by atoms with Crippen molar-refractivity contribution in [3.8, 4) is 5.75 Å². The molecule has 5 rings (SSSR count). The summed E-state index contributed by atoms with van der Waals surface area (Å²) in [7, 11) is 1.65. The summed E-state index contributed by atoms with van der Waals surface area (Å²) in [5.41, 5.74) is 3.59. The van der Waals surface area contributed by atoms with Gasteiger partial charge in [0.1, 0.15) is 11.6 Å². The van der Waals surface area contributed by atoms with E-state index >= 15 is 0 Å². The molecule has 0 saturated carbocycles. The fourth-order valence-corrected chi connectivity index (χ4v) is 4.08. The van der Waals surface area contributed by atoms with Gasteiger partial charge in [-0.1, -0.05) is 6.07 Å². The van der Waals surface area contributed by atoms with Crippen LogP contribution in [0.2, 0.25) is 0 Å². The van der Waals surface area contributed by atoms with Crippen molar-refractivity contribution in [2.75, 3.05) is 23.9 Å². The Labute approximate surface area is 189 Å². The molecule has 0 radical (unpaired) electrons. The molecule has 0 atom stereocenters. The van der Waals surface area contributed by atoms with Crippen LogP contribution in [0, 0.1) is 10.1 Å². The van der Waals surface area contributed by atoms with E-state index in [1.807, 2.05) is 42.5 Å². The number of non-ortho nitro benzene ring substituents is 1. The van der Waals surface area contributed by atoms with Gasteiger partial charge in [-0.05, 0) is 48.5 Å². The minimum atomic E-state index is -0.520. The molecule has 3 aromatic carbocycles. The molecule has 1 aromatic heterocycles. The van der Waals surface area contributed by atoms with Crippen molar-refractivity contribution < 1.29 is 14.5 Å². The largest absolute Gasteiger partial charge is 0.497 e. The molecule has 1 amide bonds. The van der Waals surface area contributed by atoms with E-state index in [0.29, 0.717) is 12.2 Å². The molecule has 0 spiro atoms. The molecule has 0 aliphatic carbocycles. The van der Waals surface area contributed by atoms with Crippen LogP contribution in [0.5, 0.6) is 5.75 Å². The number of hydrogen-bond donors (Lipinski definition) is 1. The maximum atomic E-state index is 12.6. The van der Waals surface area contributed by atoms with Crippen molar-refractivity contribution in [2.24, 2.45) is 0 Å². The first-order valence-electron chi connectivity index (χ1n) is 10.5. The average Bonchev–Trinajstić information content (AvgIpc) is 3.21. The number of ether oxygens (including phenoxy) is 1. The van der Waals surface area contributed by atoms with Gasteiger partial charge in [0.25, 0.3) is 11.6 Å². The summed E-state index contributed by atoms with van der Waals surface area (Å²) in [6, 6.07) is 19.2. The van der Waals surface area contributed by atoms with Crippen molar-refractivity contribution in [2.45, 2.75) is 13.1 Å². The fourth-order valence-electron chi connectivity index (χ4n) is 4.08. The van der Waals surface area contributed by atoms with Crippen molar-refractivity contribution in [1.82, 2.24) is 9.55 Å². The third-order valence-corrected chi connectivity index (χ3v) is 5.77. The molecule has 33 heavy (non-hydrogen) atoms. The summed E-state index contributed by atoms with van der Waals surface area (Å²) >= 11 is 0. The number of nitrogens with one attached hydrogen (secondary N) is 1. The SMILES string of the molecule is COc1ccc(N2CCn3c(nc4cc(NC(=O)c5cccc([N+](=O)[O-])c5)ccc43)C2)cc1. The summed E-state index contributed by atoms with van der Waals surface area (Å²) in [6.07, 6.45) is 0. The van der Waals surface area contributed by atoms with Gasteiger partial charge in [-0.15, -0.1) is 0 Å². The quantitative estimate of drug-likeness (QED) is 0.366. The van der Waals surface area contributed by atoms with Gasteiger partial charge < -0.3 is 19.5 Å². The Morgan fingerprint density at radius 1 is 1.09 bits per heavy atom. The van der Waals surface area contributed by atoms with E-state index < -0.39 is 10.8 Å². The van der Waals surface area contributed by atoms with Crippen LogP contribution in [0.4, 0.5) is 17.1 Å². The minimum Gasteiger partial charge on any atom is -0.497 e. The highest BCUT2D eigenvalue weighted by atomic mass is 16.6. The first-order chi connectivity index (χ1) is 16.0. The Balaban J connectivity index is 1.36. The lowest BCUT2D eigenvalue weighted by Crippen LogP contribution is -2.33. The minimum absolute atomic E-state index is 0.124. The van der Waals surface area contributed by atoms with Gasteiger partial charge in [0.05, 0.1) is 29.6 Å². The van der Waals surface area contributed by atoms with Crippen LogP contribution in [0.25, 0.3) is 11.0 Å². The molecule has 2 heterocycles. The number of amides is 1. The number of benzene rings is 3. The smallest absolute Gasteiger partial charge is 0.270 e. The summed E-state index contributed by atoms with van der Waals surface area (Å²) in [5, 5.41) is 13.8. The van der Waals surface area contributed by atoms with Crippen LogP contribution in [0.15, 0.2) is 66.7 Å². The van der Waals surface area contributed by atoms with Crippen LogP contribution in [-0.4, -0.2) is 34.0 Å². The zero-order valence-corrected chi connectivity index (χ0v) is 17.9. The summed E-state index contributed by atoms with van der Waals surface area (Å²) < 4.78 is 7.44. The Kier molecular flexibility index (Phi) is 5.14. The number of rotatable bonds is 5. The molecule has 166 valence electrons. The van der Waals surface area contributed by atoms with Gasteiger partial charge in [-0.3, -0.25) is 14.9 Å². The number of nitro benzene ring substituents is 1. The molecule has 1 aliphatic rings. The van der Waals surface area contributed by atoms with Gasteiger partial charge in [0, 0.05) is 42.2 Å². The van der Waals surface area contributed by atoms with Gasteiger partial charge in [-0.25, -0.2) is 4.98 Å². The number of hydrogen-bond acceptors (Lipinski definition) is 6. The molecular weight excluding hydrogens is 422 g/mol. The number of anilines is 2. The molecule has 0 fully saturated rings. The van der Waals surface area contributed by atoms with E-state index in [2.05, 4.69) is 14.8 Å². The average molecular weight is 443 g/mol. The van der Waals surface area contributed by atoms with E-state index in [-0.39, 0.29) is 11.3 Å². The van der Waals surface area contributed by atoms with Crippen LogP contribution >= 0.6 is 0 Å². The van der Waals surface area contributed by atoms with Crippen molar-refractivity contribution in [3.05, 3.63) is 88.2 Å². The Hall–Kier alpha value is -4.40. The molecule has 4 aromatic rings. The van der Waals surface area contributed by atoms with Gasteiger partial charge in [0.15, 0.2) is 0 Å². The highest BCUT2D eigenvalue weighted by Crippen LogP contribution is 2.28. The maximum Gasteiger partial charge on any atom is 0.270 e. The Bertz CT molecular complexity index is 1360. The normalized spacial score (nSPS) is 12.9. The number of nitro groups is 1. The highest BCUT2D eigenvalue weighted by Gasteiger charge is 2.21. The van der Waals surface area contributed by atoms with E-state index in [1.54, 1.807) is 13.2 Å². The molecular formula is C24H21N5O4. The summed E-state index contributed by atoms with van der Waals surface area (Å²) in [4.78, 5) is 30.1. The predicted molar refractivity (Wildman–Crippen MR) is 125 cm³/mol. The zero-order chi connectivity index (χ0) is 22.9. The number of carbonyl (C=O) groups excluding carboxylic acids is 1. The molecule has 0 unspecified atom stereocenters. The lowest BCUT2D eigenvalue weighted by atomic mass is 10.2. The van der Waals surface area contributed by atoms with Gasteiger partial charge >= 0.3 is 0 Å². The second-order valence-corrected chi connectivity index (χ2v) is 7.76. The Morgan fingerprint density at radius 2 is 1.91 bits per heavy atom. The standard InChI is InChI=1S/C24H21N5O4/c1-33-20-8-6-18(7-9-20)27-11-12-28-22-10-5-17(14-21(22)26-23(28)15-27)25-24(30)16-3-2-4-19(13-16)29(31)32/h2-10,13-14H,11-12,15H2,1H3,(H,25,30). The van der Waals surface area contributed by atoms with E-state index in [0.717, 1.165) is 41.4 Å². The van der Waals surface area contributed by atoms with Crippen LogP contribution in [0.1, 0.15) is 16.2 Å². The van der Waals surface area contributed by atoms with Crippen LogP contribution < -0.4 is 15.0 Å². The number of imidazole rings is 1. The van der Waals surface area contributed by atoms with Crippen molar-refractivity contribution in [1.29, 1.82) is 0 Å². The molecule has 9 heteroatoms. The first-order valence-corrected chi connectivity index (χ1v) is 10.5. The number of nitrogens with zero attached hydrogens (tertiary/aromatic N) is 4. The third kappa shape index (κ3) is 3.96. The van der Waals surface area contributed by atoms with Crippen molar-refractivity contribution in [3.63, 3.8) is 0 Å². The highest BCUT2D eigenvalue weighted by molar-refractivity contribution is 6.05. The van der Waals surface area contributed by atoms with Gasteiger partial charge in [0.2, 0.25) is 0 Å². The van der Waals surface area contributed by atoms with E-state index in [4.69, 9.17) is 9.72 Å². The van der Waals surface area contributed by atoms with Crippen LogP contribution in [0.3, 0.4) is 0 Å². The second-order valence-electron chi connectivity index (χ2n) is 7.76. The number of methoxy groups -OCH3 is 1. The predicted octanol–water partition coefficient (Wildman–Crippen LogP) is 4.23. The first kappa shape index (κ1) is 20.5. The molecule has 9 nitrogen and oxygen atoms in total. The lowest BCUT2D eigenvalue weighted by Gasteiger charge is -2.30. The number of carbonyl (C=O) groups is 1. The molecule has 1 aliphatic heterocycles.